The Labute approximate surface area is 280 Å². The van der Waals surface area contributed by atoms with E-state index in [1.807, 2.05) is 4.68 Å². The fraction of sp³-hybridized carbons (Fsp3) is 0.314. The van der Waals surface area contributed by atoms with E-state index >= 15 is 0 Å². The van der Waals surface area contributed by atoms with Crippen molar-refractivity contribution in [1.29, 1.82) is 0 Å². The predicted molar refractivity (Wildman–Crippen MR) is 177 cm³/mol. The number of Topliss-reactive ketones (excluding diaryl/α,β-unsaturated/α-hetero) is 1. The van der Waals surface area contributed by atoms with Gasteiger partial charge in [0.1, 0.15) is 36.7 Å². The van der Waals surface area contributed by atoms with Crippen LogP contribution in [0.3, 0.4) is 0 Å². The molecule has 0 amide bonds. The van der Waals surface area contributed by atoms with E-state index in [0.29, 0.717) is 84.5 Å². The first-order chi connectivity index (χ1) is 23.4. The Hall–Kier alpha value is -4.78. The number of fused-ring (bicyclic) bond motifs is 2. The van der Waals surface area contributed by atoms with Gasteiger partial charge in [0, 0.05) is 33.3 Å². The third-order valence-corrected chi connectivity index (χ3v) is 8.25. The minimum absolute atomic E-state index is 0.0415. The molecule has 3 heterocycles. The summed E-state index contributed by atoms with van der Waals surface area (Å²) in [5, 5.41) is 0.820. The number of nitrogens with zero attached hydrogens (tertiary/aromatic N) is 4. The lowest BCUT2D eigenvalue weighted by atomic mass is 9.99. The van der Waals surface area contributed by atoms with Gasteiger partial charge in [-0.15, -0.1) is 0 Å². The summed E-state index contributed by atoms with van der Waals surface area (Å²) < 4.78 is 45.1. The minimum Gasteiger partial charge on any atom is -0.487 e. The van der Waals surface area contributed by atoms with Crippen LogP contribution in [0, 0.1) is 5.82 Å². The Kier molecular flexibility index (Phi) is 10.3. The van der Waals surface area contributed by atoms with Gasteiger partial charge in [-0.3, -0.25) is 14.3 Å². The molecule has 3 aromatic carbocycles. The Morgan fingerprint density at radius 3 is 2.33 bits per heavy atom. The van der Waals surface area contributed by atoms with Gasteiger partial charge in [-0.2, -0.15) is 0 Å². The molecule has 0 saturated carbocycles. The lowest BCUT2D eigenvalue weighted by Crippen LogP contribution is -2.24. The summed E-state index contributed by atoms with van der Waals surface area (Å²) in [5.41, 5.74) is 2.11. The molecule has 0 atom stereocenters. The van der Waals surface area contributed by atoms with Crippen LogP contribution < -0.4 is 19.8 Å². The zero-order chi connectivity index (χ0) is 33.6. The van der Waals surface area contributed by atoms with Crippen molar-refractivity contribution in [1.82, 2.24) is 19.3 Å². The molecule has 0 radical (unpaired) electrons. The van der Waals surface area contributed by atoms with Crippen molar-refractivity contribution in [2.24, 2.45) is 0 Å². The van der Waals surface area contributed by atoms with E-state index in [2.05, 4.69) is 9.97 Å². The normalized spacial score (nSPS) is 12.6. The molecule has 1 aliphatic rings. The summed E-state index contributed by atoms with van der Waals surface area (Å²) >= 11 is 6.66. The highest BCUT2D eigenvalue weighted by Crippen LogP contribution is 2.38. The summed E-state index contributed by atoms with van der Waals surface area (Å²) in [6, 6.07) is 14.2. The van der Waals surface area contributed by atoms with Gasteiger partial charge in [0.25, 0.3) is 5.56 Å². The van der Waals surface area contributed by atoms with Crippen molar-refractivity contribution in [3.8, 4) is 28.8 Å². The van der Waals surface area contributed by atoms with E-state index in [1.165, 1.54) is 35.3 Å². The lowest BCUT2D eigenvalue weighted by molar-refractivity contribution is 0.0990. The Morgan fingerprint density at radius 1 is 0.896 bits per heavy atom. The van der Waals surface area contributed by atoms with Crippen molar-refractivity contribution < 1.29 is 32.9 Å². The molecular formula is C35H34ClFN4O7. The third kappa shape index (κ3) is 7.05. The van der Waals surface area contributed by atoms with Crippen LogP contribution in [-0.2, 0) is 28.9 Å². The van der Waals surface area contributed by atoms with Gasteiger partial charge in [-0.1, -0.05) is 17.7 Å². The van der Waals surface area contributed by atoms with Crippen LogP contribution in [0.2, 0.25) is 5.02 Å². The molecule has 0 N–H and O–H groups in total. The number of carbonyl (C=O) groups excluding carboxylic acids is 1. The largest absolute Gasteiger partial charge is 0.487 e. The number of hydrogen-bond donors (Lipinski definition) is 0. The minimum atomic E-state index is -0.414. The third-order valence-electron chi connectivity index (χ3n) is 7.95. The number of aromatic nitrogens is 4. The average molecular weight is 677 g/mol. The fourth-order valence-electron chi connectivity index (χ4n) is 5.68. The van der Waals surface area contributed by atoms with Gasteiger partial charge in [0.15, 0.2) is 17.3 Å². The molecule has 0 aliphatic carbocycles. The monoisotopic (exact) mass is 676 g/mol. The Morgan fingerprint density at radius 2 is 1.62 bits per heavy atom. The van der Waals surface area contributed by atoms with Crippen LogP contribution in [-0.4, -0.2) is 65.8 Å². The van der Waals surface area contributed by atoms with Gasteiger partial charge in [0.05, 0.1) is 40.5 Å². The van der Waals surface area contributed by atoms with E-state index < -0.39 is 11.4 Å². The number of hydrogen-bond acceptors (Lipinski definition) is 9. The molecular weight excluding hydrogens is 643 g/mol. The first-order valence-corrected chi connectivity index (χ1v) is 15.9. The quantitative estimate of drug-likeness (QED) is 0.103. The van der Waals surface area contributed by atoms with E-state index in [4.69, 9.17) is 35.3 Å². The summed E-state index contributed by atoms with van der Waals surface area (Å²) in [7, 11) is 3.18. The second-order valence-corrected chi connectivity index (χ2v) is 11.5. The zero-order valence-corrected chi connectivity index (χ0v) is 27.3. The fourth-order valence-corrected chi connectivity index (χ4v) is 5.92. The molecule has 0 fully saturated rings. The standard InChI is InChI=1S/C35H34ClFN4O7/c1-44-13-15-46-31-19-25-27(20-32(31)47-16-14-45-2)38-21-39-34(25)48-30-11-6-22(17-26(30)36)18-29(42)33-28-5-3-4-12-40(28)41(35(33)43)24-9-7-23(37)8-10-24/h6-11,17,19-21H,3-5,12-16,18H2,1-2H3. The second kappa shape index (κ2) is 15.0. The second-order valence-electron chi connectivity index (χ2n) is 11.1. The average Bonchev–Trinajstić information content (AvgIpc) is 3.38. The summed E-state index contributed by atoms with van der Waals surface area (Å²) in [5.74, 6) is 0.785. The number of ketones is 1. The molecule has 48 heavy (non-hydrogen) atoms. The summed E-state index contributed by atoms with van der Waals surface area (Å²) in [6.07, 6.45) is 3.68. The molecule has 5 aromatic rings. The first-order valence-electron chi connectivity index (χ1n) is 15.5. The van der Waals surface area contributed by atoms with Crippen molar-refractivity contribution in [2.45, 2.75) is 32.2 Å². The number of rotatable bonds is 14. The van der Waals surface area contributed by atoms with Crippen LogP contribution in [0.5, 0.6) is 23.1 Å². The van der Waals surface area contributed by atoms with Crippen LogP contribution in [0.4, 0.5) is 4.39 Å². The summed E-state index contributed by atoms with van der Waals surface area (Å²) in [4.78, 5) is 36.0. The smallest absolute Gasteiger partial charge is 0.282 e. The van der Waals surface area contributed by atoms with Gasteiger partial charge < -0.3 is 23.7 Å². The molecule has 250 valence electrons. The highest BCUT2D eigenvalue weighted by molar-refractivity contribution is 6.32. The van der Waals surface area contributed by atoms with Crippen LogP contribution in [0.15, 0.2) is 65.7 Å². The molecule has 0 spiro atoms. The first kappa shape index (κ1) is 33.1. The number of methoxy groups -OCH3 is 2. The van der Waals surface area contributed by atoms with Crippen molar-refractivity contribution in [3.63, 3.8) is 0 Å². The zero-order valence-electron chi connectivity index (χ0n) is 26.5. The number of benzene rings is 3. The van der Waals surface area contributed by atoms with Crippen molar-refractivity contribution in [2.75, 3.05) is 40.6 Å². The highest BCUT2D eigenvalue weighted by Gasteiger charge is 2.28. The van der Waals surface area contributed by atoms with Crippen LogP contribution >= 0.6 is 11.6 Å². The van der Waals surface area contributed by atoms with Gasteiger partial charge in [0.2, 0.25) is 5.88 Å². The Balaban J connectivity index is 1.25. The van der Waals surface area contributed by atoms with Gasteiger partial charge in [-0.05, 0) is 67.3 Å². The maximum atomic E-state index is 13.7. The molecule has 13 heteroatoms. The SMILES string of the molecule is COCCOc1cc2ncnc(Oc3ccc(CC(=O)c4c5n(n(-c6ccc(F)cc6)c4=O)CCCC5)cc3Cl)c2cc1OCCOC. The van der Waals surface area contributed by atoms with E-state index in [9.17, 15) is 14.0 Å². The number of halogens is 2. The molecule has 2 aromatic heterocycles. The van der Waals surface area contributed by atoms with E-state index in [1.54, 1.807) is 44.6 Å². The number of carbonyl (C=O) groups is 1. The molecule has 0 saturated heterocycles. The maximum absolute atomic E-state index is 13.7. The van der Waals surface area contributed by atoms with E-state index in [0.717, 1.165) is 12.8 Å². The molecule has 1 aliphatic heterocycles. The Bertz CT molecular complexity index is 1990. The lowest BCUT2D eigenvalue weighted by Gasteiger charge is -2.19. The predicted octanol–water partition coefficient (Wildman–Crippen LogP) is 5.98. The molecule has 6 rings (SSSR count). The molecule has 11 nitrogen and oxygen atoms in total. The van der Waals surface area contributed by atoms with Crippen LogP contribution in [0.1, 0.15) is 34.5 Å². The van der Waals surface area contributed by atoms with Crippen LogP contribution in [0.25, 0.3) is 16.6 Å². The van der Waals surface area contributed by atoms with E-state index in [-0.39, 0.29) is 28.7 Å². The van der Waals surface area contributed by atoms with Crippen molar-refractivity contribution in [3.05, 3.63) is 98.9 Å². The number of ether oxygens (including phenoxy) is 5. The molecule has 0 unspecified atom stereocenters. The topological polar surface area (TPSA) is 116 Å². The van der Waals surface area contributed by atoms with Gasteiger partial charge in [-0.25, -0.2) is 19.0 Å². The maximum Gasteiger partial charge on any atom is 0.282 e. The van der Waals surface area contributed by atoms with Gasteiger partial charge >= 0.3 is 0 Å². The molecule has 0 bridgehead atoms. The highest BCUT2D eigenvalue weighted by atomic mass is 35.5. The van der Waals surface area contributed by atoms with Crippen molar-refractivity contribution >= 4 is 28.3 Å². The summed E-state index contributed by atoms with van der Waals surface area (Å²) in [6.45, 7) is 1.99.